The Hall–Kier alpha value is -2.69. The first-order valence-corrected chi connectivity index (χ1v) is 5.65. The summed E-state index contributed by atoms with van der Waals surface area (Å²) in [7, 11) is 0. The molecular weight excluding hydrogens is 244 g/mol. The predicted molar refractivity (Wildman–Crippen MR) is 70.2 cm³/mol. The summed E-state index contributed by atoms with van der Waals surface area (Å²) in [6.07, 6.45) is 6.27. The molecule has 0 aliphatic rings. The summed E-state index contributed by atoms with van der Waals surface area (Å²) in [6, 6.07) is 7.47. The standard InChI is InChI=1S/C14H12N2O3/c1-2-5-10-6-3-4-7-12(10)19-13-9-15-11(8-16-13)14(17)18/h2-9H,1H3,(H,17,18). The highest BCUT2D eigenvalue weighted by atomic mass is 16.5. The predicted octanol–water partition coefficient (Wildman–Crippen LogP) is 3.00. The Morgan fingerprint density at radius 3 is 2.68 bits per heavy atom. The maximum atomic E-state index is 10.7. The number of hydrogen-bond acceptors (Lipinski definition) is 4. The number of benzene rings is 1. The van der Waals surface area contributed by atoms with Gasteiger partial charge in [0.25, 0.3) is 0 Å². The lowest BCUT2D eigenvalue weighted by atomic mass is 10.2. The second-order valence-electron chi connectivity index (χ2n) is 3.68. The van der Waals surface area contributed by atoms with Gasteiger partial charge in [-0.3, -0.25) is 0 Å². The van der Waals surface area contributed by atoms with E-state index < -0.39 is 5.97 Å². The monoisotopic (exact) mass is 256 g/mol. The average Bonchev–Trinajstić information content (AvgIpc) is 2.42. The van der Waals surface area contributed by atoms with Crippen molar-refractivity contribution in [3.63, 3.8) is 0 Å². The number of ether oxygens (including phenoxy) is 1. The number of carbonyl (C=O) groups is 1. The van der Waals surface area contributed by atoms with Gasteiger partial charge in [-0.2, -0.15) is 0 Å². The van der Waals surface area contributed by atoms with Crippen molar-refractivity contribution in [3.05, 3.63) is 54.0 Å². The Balaban J connectivity index is 2.23. The molecular formula is C14H12N2O3. The summed E-state index contributed by atoms with van der Waals surface area (Å²) in [5.74, 6) is -0.228. The van der Waals surface area contributed by atoms with Gasteiger partial charge < -0.3 is 9.84 Å². The lowest BCUT2D eigenvalue weighted by molar-refractivity contribution is 0.0690. The Morgan fingerprint density at radius 1 is 1.26 bits per heavy atom. The third-order valence-electron chi connectivity index (χ3n) is 2.33. The zero-order chi connectivity index (χ0) is 13.7. The van der Waals surface area contributed by atoms with Crippen LogP contribution in [0.2, 0.25) is 0 Å². The average molecular weight is 256 g/mol. The molecule has 0 amide bonds. The largest absolute Gasteiger partial charge is 0.476 e. The van der Waals surface area contributed by atoms with Crippen molar-refractivity contribution in [2.45, 2.75) is 6.92 Å². The van der Waals surface area contributed by atoms with Gasteiger partial charge in [-0.25, -0.2) is 14.8 Å². The van der Waals surface area contributed by atoms with Crippen LogP contribution in [-0.2, 0) is 0 Å². The van der Waals surface area contributed by atoms with E-state index in [4.69, 9.17) is 9.84 Å². The molecule has 96 valence electrons. The fraction of sp³-hybridized carbons (Fsp3) is 0.0714. The maximum Gasteiger partial charge on any atom is 0.356 e. The number of para-hydroxylation sites is 1. The van der Waals surface area contributed by atoms with Crippen LogP contribution >= 0.6 is 0 Å². The first-order chi connectivity index (χ1) is 9.20. The number of carboxylic acids is 1. The second kappa shape index (κ2) is 5.77. The maximum absolute atomic E-state index is 10.7. The van der Waals surface area contributed by atoms with Crippen molar-refractivity contribution >= 4 is 12.0 Å². The van der Waals surface area contributed by atoms with Gasteiger partial charge in [-0.1, -0.05) is 30.4 Å². The van der Waals surface area contributed by atoms with Gasteiger partial charge in [0.05, 0.1) is 12.4 Å². The molecule has 0 radical (unpaired) electrons. The molecule has 1 aromatic carbocycles. The number of nitrogens with zero attached hydrogens (tertiary/aromatic N) is 2. The molecule has 0 saturated heterocycles. The van der Waals surface area contributed by atoms with Gasteiger partial charge in [-0.15, -0.1) is 0 Å². The van der Waals surface area contributed by atoms with Crippen molar-refractivity contribution in [1.29, 1.82) is 0 Å². The van der Waals surface area contributed by atoms with Gasteiger partial charge >= 0.3 is 5.97 Å². The molecule has 5 nitrogen and oxygen atoms in total. The van der Waals surface area contributed by atoms with Crippen molar-refractivity contribution < 1.29 is 14.6 Å². The molecule has 1 heterocycles. The third kappa shape index (κ3) is 3.16. The second-order valence-corrected chi connectivity index (χ2v) is 3.68. The Labute approximate surface area is 110 Å². The minimum absolute atomic E-state index is 0.117. The van der Waals surface area contributed by atoms with Gasteiger partial charge in [0, 0.05) is 5.56 Å². The Morgan fingerprint density at radius 2 is 2.05 bits per heavy atom. The number of allylic oxidation sites excluding steroid dienone is 1. The van der Waals surface area contributed by atoms with E-state index in [9.17, 15) is 4.79 Å². The molecule has 0 bridgehead atoms. The quantitative estimate of drug-likeness (QED) is 0.910. The van der Waals surface area contributed by atoms with E-state index in [0.29, 0.717) is 5.75 Å². The SMILES string of the molecule is CC=Cc1ccccc1Oc1cnc(C(=O)O)cn1. The number of aromatic nitrogens is 2. The molecule has 0 spiro atoms. The summed E-state index contributed by atoms with van der Waals surface area (Å²) < 4.78 is 5.58. The van der Waals surface area contributed by atoms with Crippen LogP contribution in [0.25, 0.3) is 6.08 Å². The highest BCUT2D eigenvalue weighted by molar-refractivity contribution is 5.84. The van der Waals surface area contributed by atoms with E-state index in [1.54, 1.807) is 0 Å². The molecule has 0 atom stereocenters. The van der Waals surface area contributed by atoms with Gasteiger partial charge in [0.15, 0.2) is 5.69 Å². The molecule has 2 rings (SSSR count). The van der Waals surface area contributed by atoms with Crippen LogP contribution in [0.3, 0.4) is 0 Å². The topological polar surface area (TPSA) is 72.3 Å². The molecule has 1 N–H and O–H groups in total. The molecule has 5 heteroatoms. The zero-order valence-electron chi connectivity index (χ0n) is 10.3. The number of aromatic carboxylic acids is 1. The third-order valence-corrected chi connectivity index (χ3v) is 2.33. The molecule has 0 aliphatic heterocycles. The van der Waals surface area contributed by atoms with E-state index in [0.717, 1.165) is 11.8 Å². The first kappa shape index (κ1) is 12.8. The summed E-state index contributed by atoms with van der Waals surface area (Å²) in [6.45, 7) is 1.91. The summed E-state index contributed by atoms with van der Waals surface area (Å²) in [5, 5.41) is 8.73. The first-order valence-electron chi connectivity index (χ1n) is 5.65. The van der Waals surface area contributed by atoms with Crippen LogP contribution in [-0.4, -0.2) is 21.0 Å². The lowest BCUT2D eigenvalue weighted by Crippen LogP contribution is -2.01. The summed E-state index contributed by atoms with van der Waals surface area (Å²) in [4.78, 5) is 18.3. The van der Waals surface area contributed by atoms with Crippen LogP contribution < -0.4 is 4.74 Å². The number of carboxylic acid groups (broad SMARTS) is 1. The van der Waals surface area contributed by atoms with Crippen molar-refractivity contribution in [1.82, 2.24) is 9.97 Å². The van der Waals surface area contributed by atoms with Crippen molar-refractivity contribution in [2.24, 2.45) is 0 Å². The van der Waals surface area contributed by atoms with E-state index in [-0.39, 0.29) is 11.6 Å². The van der Waals surface area contributed by atoms with Gasteiger partial charge in [0.2, 0.25) is 5.88 Å². The van der Waals surface area contributed by atoms with Crippen molar-refractivity contribution in [2.75, 3.05) is 0 Å². The van der Waals surface area contributed by atoms with Crippen LogP contribution in [0.1, 0.15) is 23.0 Å². The Kier molecular flexibility index (Phi) is 3.87. The molecule has 19 heavy (non-hydrogen) atoms. The summed E-state index contributed by atoms with van der Waals surface area (Å²) >= 11 is 0. The fourth-order valence-electron chi connectivity index (χ4n) is 1.48. The molecule has 0 fully saturated rings. The van der Waals surface area contributed by atoms with Crippen LogP contribution in [0.4, 0.5) is 0 Å². The lowest BCUT2D eigenvalue weighted by Gasteiger charge is -2.07. The molecule has 0 saturated carbocycles. The molecule has 0 unspecified atom stereocenters. The number of rotatable bonds is 4. The normalized spacial score (nSPS) is 10.6. The fourth-order valence-corrected chi connectivity index (χ4v) is 1.48. The van der Waals surface area contributed by atoms with E-state index in [1.165, 1.54) is 6.20 Å². The summed E-state index contributed by atoms with van der Waals surface area (Å²) in [5.41, 5.74) is 0.795. The van der Waals surface area contributed by atoms with Crippen LogP contribution in [0.5, 0.6) is 11.6 Å². The van der Waals surface area contributed by atoms with E-state index >= 15 is 0 Å². The van der Waals surface area contributed by atoms with Crippen LogP contribution in [0, 0.1) is 0 Å². The van der Waals surface area contributed by atoms with E-state index in [1.807, 2.05) is 43.3 Å². The molecule has 2 aromatic rings. The molecule has 0 aliphatic carbocycles. The van der Waals surface area contributed by atoms with E-state index in [2.05, 4.69) is 9.97 Å². The smallest absolute Gasteiger partial charge is 0.356 e. The highest BCUT2D eigenvalue weighted by Crippen LogP contribution is 2.24. The van der Waals surface area contributed by atoms with Gasteiger partial charge in [0.1, 0.15) is 5.75 Å². The molecule has 1 aromatic heterocycles. The zero-order valence-corrected chi connectivity index (χ0v) is 10.3. The van der Waals surface area contributed by atoms with Gasteiger partial charge in [-0.05, 0) is 13.0 Å². The Bertz CT molecular complexity index is 606. The minimum Gasteiger partial charge on any atom is -0.476 e. The van der Waals surface area contributed by atoms with Crippen LogP contribution in [0.15, 0.2) is 42.7 Å². The minimum atomic E-state index is -1.12. The van der Waals surface area contributed by atoms with Crippen molar-refractivity contribution in [3.8, 4) is 11.6 Å². The number of hydrogen-bond donors (Lipinski definition) is 1. The highest BCUT2D eigenvalue weighted by Gasteiger charge is 2.07.